The van der Waals surface area contributed by atoms with Gasteiger partial charge in [0, 0.05) is 10.9 Å². The normalized spacial score (nSPS) is 11.9. The number of hydrogen-bond donors (Lipinski definition) is 1. The molecule has 2 heterocycles. The average molecular weight is 447 g/mol. The van der Waals surface area contributed by atoms with Gasteiger partial charge in [-0.05, 0) is 57.2 Å². The summed E-state index contributed by atoms with van der Waals surface area (Å²) in [4.78, 5) is 24.8. The van der Waals surface area contributed by atoms with E-state index < -0.39 is 5.97 Å². The topological polar surface area (TPSA) is 95.6 Å². The summed E-state index contributed by atoms with van der Waals surface area (Å²) < 4.78 is 18.0. The van der Waals surface area contributed by atoms with E-state index in [2.05, 4.69) is 10.4 Å². The number of nitrogens with one attached hydrogen (secondary N) is 1. The van der Waals surface area contributed by atoms with Gasteiger partial charge in [-0.25, -0.2) is 9.48 Å². The minimum atomic E-state index is -0.408. The lowest BCUT2D eigenvalue weighted by molar-refractivity contribution is 0.0525. The summed E-state index contributed by atoms with van der Waals surface area (Å²) in [7, 11) is 1.59. The minimum absolute atomic E-state index is 0.231. The first kappa shape index (κ1) is 22.1. The van der Waals surface area contributed by atoms with Crippen LogP contribution in [0.3, 0.4) is 0 Å². The Morgan fingerprint density at radius 1 is 1.18 bits per heavy atom. The molecule has 4 aromatic rings. The third-order valence-corrected chi connectivity index (χ3v) is 5.40. The molecule has 0 radical (unpaired) electrons. The van der Waals surface area contributed by atoms with Gasteiger partial charge in [0.2, 0.25) is 0 Å². The molecule has 170 valence electrons. The first-order valence-electron chi connectivity index (χ1n) is 10.6. The standard InChI is InChI=1S/C25H25N3O5/c1-5-32-25(30)20-14-26-28(16(20)3)19-11-9-17(10-12-19)24(29)27-15(2)22-13-18-7-6-8-21(31-4)23(18)33-22/h6-15H,5H2,1-4H3,(H,27,29). The van der Waals surface area contributed by atoms with E-state index in [1.54, 1.807) is 49.9 Å². The van der Waals surface area contributed by atoms with E-state index in [-0.39, 0.29) is 11.9 Å². The molecule has 0 saturated carbocycles. The largest absolute Gasteiger partial charge is 0.493 e. The van der Waals surface area contributed by atoms with Gasteiger partial charge < -0.3 is 19.2 Å². The van der Waals surface area contributed by atoms with Crippen molar-refractivity contribution in [1.29, 1.82) is 0 Å². The van der Waals surface area contributed by atoms with Gasteiger partial charge in [0.25, 0.3) is 5.91 Å². The van der Waals surface area contributed by atoms with Crippen molar-refractivity contribution < 1.29 is 23.5 Å². The molecule has 0 aliphatic heterocycles. The van der Waals surface area contributed by atoms with Crippen LogP contribution in [-0.4, -0.2) is 35.4 Å². The highest BCUT2D eigenvalue weighted by atomic mass is 16.5. The van der Waals surface area contributed by atoms with Crippen LogP contribution in [0.15, 0.2) is 59.1 Å². The molecule has 4 rings (SSSR count). The smallest absolute Gasteiger partial charge is 0.341 e. The Labute approximate surface area is 191 Å². The van der Waals surface area contributed by atoms with Gasteiger partial charge in [-0.15, -0.1) is 0 Å². The fourth-order valence-electron chi connectivity index (χ4n) is 3.61. The van der Waals surface area contributed by atoms with Gasteiger partial charge in [0.1, 0.15) is 11.3 Å². The molecule has 0 spiro atoms. The molecule has 2 aromatic carbocycles. The van der Waals surface area contributed by atoms with Crippen LogP contribution in [0.1, 0.15) is 52.1 Å². The first-order valence-corrected chi connectivity index (χ1v) is 10.6. The second kappa shape index (κ2) is 9.20. The van der Waals surface area contributed by atoms with Crippen LogP contribution >= 0.6 is 0 Å². The monoisotopic (exact) mass is 447 g/mol. The fraction of sp³-hybridized carbons (Fsp3) is 0.240. The molecule has 1 unspecified atom stereocenters. The maximum Gasteiger partial charge on any atom is 0.341 e. The van der Waals surface area contributed by atoms with E-state index in [1.807, 2.05) is 31.2 Å². The van der Waals surface area contributed by atoms with Crippen LogP contribution < -0.4 is 10.1 Å². The lowest BCUT2D eigenvalue weighted by Crippen LogP contribution is -2.26. The summed E-state index contributed by atoms with van der Waals surface area (Å²) in [5, 5.41) is 8.15. The Balaban J connectivity index is 1.48. The van der Waals surface area contributed by atoms with Crippen molar-refractivity contribution in [2.24, 2.45) is 0 Å². The Bertz CT molecular complexity index is 1300. The second-order valence-corrected chi connectivity index (χ2v) is 7.55. The van der Waals surface area contributed by atoms with Crippen LogP contribution in [0, 0.1) is 6.92 Å². The summed E-state index contributed by atoms with van der Waals surface area (Å²) in [6, 6.07) is 14.2. The summed E-state index contributed by atoms with van der Waals surface area (Å²) in [6.45, 7) is 5.71. The molecule has 1 N–H and O–H groups in total. The Morgan fingerprint density at radius 3 is 2.64 bits per heavy atom. The lowest BCUT2D eigenvalue weighted by Gasteiger charge is -2.12. The van der Waals surface area contributed by atoms with Crippen LogP contribution in [0.4, 0.5) is 0 Å². The van der Waals surface area contributed by atoms with Gasteiger partial charge in [0.05, 0.1) is 37.3 Å². The second-order valence-electron chi connectivity index (χ2n) is 7.55. The number of carbonyl (C=O) groups is 2. The van der Waals surface area contributed by atoms with Crippen LogP contribution in [0.5, 0.6) is 5.75 Å². The van der Waals surface area contributed by atoms with Gasteiger partial charge in [0.15, 0.2) is 11.3 Å². The Kier molecular flexibility index (Phi) is 6.17. The number of carbonyl (C=O) groups excluding carboxylic acids is 2. The number of hydrogen-bond acceptors (Lipinski definition) is 6. The number of aromatic nitrogens is 2. The number of nitrogens with zero attached hydrogens (tertiary/aromatic N) is 2. The zero-order valence-electron chi connectivity index (χ0n) is 18.9. The molecule has 1 amide bonds. The quantitative estimate of drug-likeness (QED) is 0.416. The molecule has 0 aliphatic rings. The van der Waals surface area contributed by atoms with E-state index >= 15 is 0 Å². The Hall–Kier alpha value is -4.07. The maximum atomic E-state index is 12.8. The number of esters is 1. The van der Waals surface area contributed by atoms with Gasteiger partial charge in [-0.2, -0.15) is 5.10 Å². The van der Waals surface area contributed by atoms with Crippen molar-refractivity contribution in [2.75, 3.05) is 13.7 Å². The van der Waals surface area contributed by atoms with Gasteiger partial charge in [-0.3, -0.25) is 4.79 Å². The predicted octanol–water partition coefficient (Wildman–Crippen LogP) is 4.60. The first-order chi connectivity index (χ1) is 15.9. The number of ether oxygens (including phenoxy) is 2. The van der Waals surface area contributed by atoms with Gasteiger partial charge >= 0.3 is 5.97 Å². The summed E-state index contributed by atoms with van der Waals surface area (Å²) in [5.74, 6) is 0.645. The highest BCUT2D eigenvalue weighted by molar-refractivity contribution is 5.95. The van der Waals surface area contributed by atoms with Crippen molar-refractivity contribution in [3.05, 3.63) is 77.3 Å². The van der Waals surface area contributed by atoms with Crippen molar-refractivity contribution in [3.63, 3.8) is 0 Å². The number of para-hydroxylation sites is 1. The average Bonchev–Trinajstić information content (AvgIpc) is 3.43. The predicted molar refractivity (Wildman–Crippen MR) is 123 cm³/mol. The van der Waals surface area contributed by atoms with E-state index in [9.17, 15) is 9.59 Å². The summed E-state index contributed by atoms with van der Waals surface area (Å²) in [5.41, 5.74) is 2.96. The van der Waals surface area contributed by atoms with Crippen molar-refractivity contribution >= 4 is 22.8 Å². The van der Waals surface area contributed by atoms with Crippen molar-refractivity contribution in [2.45, 2.75) is 26.8 Å². The SMILES string of the molecule is CCOC(=O)c1cnn(-c2ccc(C(=O)NC(C)c3cc4cccc(OC)c4o3)cc2)c1C. The molecular formula is C25H25N3O5. The Morgan fingerprint density at radius 2 is 1.94 bits per heavy atom. The summed E-state index contributed by atoms with van der Waals surface area (Å²) >= 11 is 0. The van der Waals surface area contributed by atoms with E-state index in [0.717, 1.165) is 11.1 Å². The molecule has 1 atom stereocenters. The minimum Gasteiger partial charge on any atom is -0.493 e. The zero-order valence-corrected chi connectivity index (χ0v) is 18.9. The molecule has 8 heteroatoms. The lowest BCUT2D eigenvalue weighted by atomic mass is 10.1. The molecule has 2 aromatic heterocycles. The van der Waals surface area contributed by atoms with Crippen LogP contribution in [0.2, 0.25) is 0 Å². The number of furan rings is 1. The van der Waals surface area contributed by atoms with E-state index in [0.29, 0.717) is 40.5 Å². The number of rotatable bonds is 7. The molecule has 0 aliphatic carbocycles. The summed E-state index contributed by atoms with van der Waals surface area (Å²) in [6.07, 6.45) is 1.48. The highest BCUT2D eigenvalue weighted by Gasteiger charge is 2.18. The van der Waals surface area contributed by atoms with Crippen LogP contribution in [-0.2, 0) is 4.74 Å². The molecule has 0 saturated heterocycles. The van der Waals surface area contributed by atoms with Crippen molar-refractivity contribution in [1.82, 2.24) is 15.1 Å². The van der Waals surface area contributed by atoms with Crippen molar-refractivity contribution in [3.8, 4) is 11.4 Å². The van der Waals surface area contributed by atoms with E-state index in [4.69, 9.17) is 13.9 Å². The molecular weight excluding hydrogens is 422 g/mol. The fourth-order valence-corrected chi connectivity index (χ4v) is 3.61. The highest BCUT2D eigenvalue weighted by Crippen LogP contribution is 2.31. The number of benzene rings is 2. The van der Waals surface area contributed by atoms with Gasteiger partial charge in [-0.1, -0.05) is 12.1 Å². The maximum absolute atomic E-state index is 12.8. The van der Waals surface area contributed by atoms with Crippen LogP contribution in [0.25, 0.3) is 16.7 Å². The van der Waals surface area contributed by atoms with E-state index in [1.165, 1.54) is 6.20 Å². The third-order valence-electron chi connectivity index (χ3n) is 5.40. The molecule has 33 heavy (non-hydrogen) atoms. The molecule has 0 bridgehead atoms. The number of fused-ring (bicyclic) bond motifs is 1. The number of amides is 1. The third kappa shape index (κ3) is 4.32. The zero-order chi connectivity index (χ0) is 23.5. The number of methoxy groups -OCH3 is 1. The molecule has 8 nitrogen and oxygen atoms in total. The molecule has 0 fully saturated rings.